The molecule has 2 rings (SSSR count). The summed E-state index contributed by atoms with van der Waals surface area (Å²) in [6.45, 7) is 5.46. The van der Waals surface area contributed by atoms with Crippen molar-refractivity contribution in [2.45, 2.75) is 64.6 Å². The highest BCUT2D eigenvalue weighted by molar-refractivity contribution is 5.20. The lowest BCUT2D eigenvalue weighted by atomic mass is 9.97. The molecule has 0 aliphatic heterocycles. The van der Waals surface area contributed by atoms with Gasteiger partial charge in [-0.3, -0.25) is 4.90 Å². The van der Waals surface area contributed by atoms with Crippen molar-refractivity contribution in [1.29, 1.82) is 5.26 Å². The third kappa shape index (κ3) is 6.03. The average molecular weight is 335 g/mol. The van der Waals surface area contributed by atoms with E-state index in [2.05, 4.69) is 85.5 Å². The second kappa shape index (κ2) is 10.7. The molecule has 2 aromatic carbocycles. The highest BCUT2D eigenvalue weighted by Crippen LogP contribution is 2.28. The molecule has 132 valence electrons. The SMILES string of the molecule is CCCC[C@@H](CCC#N)N(Cc1ccccc1)[C@@H](C)c1ccccc1. The van der Waals surface area contributed by atoms with Crippen molar-refractivity contribution in [1.82, 2.24) is 4.90 Å². The van der Waals surface area contributed by atoms with Crippen molar-refractivity contribution in [2.75, 3.05) is 0 Å². The van der Waals surface area contributed by atoms with Gasteiger partial charge in [0.2, 0.25) is 0 Å². The lowest BCUT2D eigenvalue weighted by Gasteiger charge is -2.37. The molecule has 0 aromatic heterocycles. The molecule has 2 heteroatoms. The second-order valence-electron chi connectivity index (χ2n) is 6.74. The van der Waals surface area contributed by atoms with E-state index in [0.29, 0.717) is 18.5 Å². The second-order valence-corrected chi connectivity index (χ2v) is 6.74. The lowest BCUT2D eigenvalue weighted by Crippen LogP contribution is -2.37. The largest absolute Gasteiger partial charge is 0.289 e. The van der Waals surface area contributed by atoms with Gasteiger partial charge in [-0.15, -0.1) is 0 Å². The van der Waals surface area contributed by atoms with Gasteiger partial charge < -0.3 is 0 Å². The topological polar surface area (TPSA) is 27.0 Å². The van der Waals surface area contributed by atoms with Gasteiger partial charge in [0.1, 0.15) is 0 Å². The fourth-order valence-corrected chi connectivity index (χ4v) is 3.45. The van der Waals surface area contributed by atoms with E-state index in [1.807, 2.05) is 0 Å². The molecular weight excluding hydrogens is 304 g/mol. The van der Waals surface area contributed by atoms with E-state index < -0.39 is 0 Å². The minimum Gasteiger partial charge on any atom is -0.289 e. The Labute approximate surface area is 153 Å². The number of nitriles is 1. The van der Waals surface area contributed by atoms with Crippen molar-refractivity contribution >= 4 is 0 Å². The average Bonchev–Trinajstić information content (AvgIpc) is 2.67. The van der Waals surface area contributed by atoms with E-state index in [-0.39, 0.29) is 0 Å². The maximum absolute atomic E-state index is 9.10. The third-order valence-electron chi connectivity index (χ3n) is 4.94. The highest BCUT2D eigenvalue weighted by atomic mass is 15.2. The summed E-state index contributed by atoms with van der Waals surface area (Å²) in [5.74, 6) is 0. The molecule has 2 atom stereocenters. The number of benzene rings is 2. The molecular formula is C23H30N2. The summed E-state index contributed by atoms with van der Waals surface area (Å²) in [6.07, 6.45) is 5.13. The van der Waals surface area contributed by atoms with Crippen molar-refractivity contribution in [3.8, 4) is 6.07 Å². The van der Waals surface area contributed by atoms with E-state index in [9.17, 15) is 0 Å². The van der Waals surface area contributed by atoms with Crippen LogP contribution < -0.4 is 0 Å². The molecule has 0 unspecified atom stereocenters. The zero-order chi connectivity index (χ0) is 17.9. The fourth-order valence-electron chi connectivity index (χ4n) is 3.45. The maximum Gasteiger partial charge on any atom is 0.0622 e. The Morgan fingerprint density at radius 2 is 1.60 bits per heavy atom. The smallest absolute Gasteiger partial charge is 0.0622 e. The Bertz CT molecular complexity index is 630. The van der Waals surface area contributed by atoms with Crippen LogP contribution in [0.4, 0.5) is 0 Å². The van der Waals surface area contributed by atoms with E-state index in [0.717, 1.165) is 19.4 Å². The van der Waals surface area contributed by atoms with Crippen LogP contribution in [-0.4, -0.2) is 10.9 Å². The summed E-state index contributed by atoms with van der Waals surface area (Å²) in [5, 5.41) is 9.10. The van der Waals surface area contributed by atoms with Gasteiger partial charge >= 0.3 is 0 Å². The number of rotatable bonds is 10. The van der Waals surface area contributed by atoms with Crippen LogP contribution in [0.2, 0.25) is 0 Å². The van der Waals surface area contributed by atoms with E-state index in [4.69, 9.17) is 5.26 Å². The predicted molar refractivity (Wildman–Crippen MR) is 105 cm³/mol. The normalized spacial score (nSPS) is 13.4. The first-order valence-corrected chi connectivity index (χ1v) is 9.47. The Morgan fingerprint density at radius 3 is 2.20 bits per heavy atom. The first-order valence-electron chi connectivity index (χ1n) is 9.47. The standard InChI is InChI=1S/C23H30N2/c1-3-4-16-23(17-11-18-24)25(19-21-12-7-5-8-13-21)20(2)22-14-9-6-10-15-22/h5-10,12-15,20,23H,3-4,11,16-17,19H2,1-2H3/t20-,23-/m0/s1. The summed E-state index contributed by atoms with van der Waals surface area (Å²) < 4.78 is 0. The van der Waals surface area contributed by atoms with E-state index >= 15 is 0 Å². The summed E-state index contributed by atoms with van der Waals surface area (Å²) in [4.78, 5) is 2.59. The van der Waals surface area contributed by atoms with Crippen LogP contribution in [0.25, 0.3) is 0 Å². The van der Waals surface area contributed by atoms with Gasteiger partial charge in [0.25, 0.3) is 0 Å². The predicted octanol–water partition coefficient (Wildman–Crippen LogP) is 6.11. The Morgan fingerprint density at radius 1 is 0.960 bits per heavy atom. The fraction of sp³-hybridized carbons (Fsp3) is 0.435. The molecule has 25 heavy (non-hydrogen) atoms. The summed E-state index contributed by atoms with van der Waals surface area (Å²) >= 11 is 0. The Hall–Kier alpha value is -2.11. The first kappa shape index (κ1) is 19.2. The van der Waals surface area contributed by atoms with Crippen LogP contribution in [0.1, 0.15) is 63.1 Å². The van der Waals surface area contributed by atoms with Crippen LogP contribution >= 0.6 is 0 Å². The zero-order valence-corrected chi connectivity index (χ0v) is 15.6. The quantitative estimate of drug-likeness (QED) is 0.524. The van der Waals surface area contributed by atoms with Crippen molar-refractivity contribution in [2.24, 2.45) is 0 Å². The summed E-state index contributed by atoms with van der Waals surface area (Å²) in [7, 11) is 0. The number of hydrogen-bond acceptors (Lipinski definition) is 2. The molecule has 0 saturated carbocycles. The molecule has 0 radical (unpaired) electrons. The zero-order valence-electron chi connectivity index (χ0n) is 15.6. The third-order valence-corrected chi connectivity index (χ3v) is 4.94. The minimum atomic E-state index is 0.335. The molecule has 0 aliphatic carbocycles. The van der Waals surface area contributed by atoms with Gasteiger partial charge in [-0.25, -0.2) is 0 Å². The lowest BCUT2D eigenvalue weighted by molar-refractivity contribution is 0.118. The number of unbranched alkanes of at least 4 members (excludes halogenated alkanes) is 1. The van der Waals surface area contributed by atoms with Crippen LogP contribution in [0.15, 0.2) is 60.7 Å². The van der Waals surface area contributed by atoms with Gasteiger partial charge in [0.05, 0.1) is 6.07 Å². The van der Waals surface area contributed by atoms with Gasteiger partial charge in [0, 0.05) is 25.0 Å². The maximum atomic E-state index is 9.10. The molecule has 0 amide bonds. The van der Waals surface area contributed by atoms with Crippen LogP contribution in [0.5, 0.6) is 0 Å². The summed E-state index contributed by atoms with van der Waals surface area (Å²) in [6, 6.07) is 24.5. The molecule has 0 aliphatic rings. The molecule has 0 saturated heterocycles. The van der Waals surface area contributed by atoms with Crippen LogP contribution in [0.3, 0.4) is 0 Å². The molecule has 0 N–H and O–H groups in total. The Balaban J connectivity index is 2.26. The van der Waals surface area contributed by atoms with Crippen molar-refractivity contribution < 1.29 is 0 Å². The van der Waals surface area contributed by atoms with Gasteiger partial charge in [-0.2, -0.15) is 5.26 Å². The van der Waals surface area contributed by atoms with Crippen LogP contribution in [0, 0.1) is 11.3 Å². The number of nitrogens with zero attached hydrogens (tertiary/aromatic N) is 2. The first-order chi connectivity index (χ1) is 12.3. The molecule has 2 aromatic rings. The van der Waals surface area contributed by atoms with Crippen LogP contribution in [-0.2, 0) is 6.54 Å². The molecule has 0 fully saturated rings. The minimum absolute atomic E-state index is 0.335. The van der Waals surface area contributed by atoms with Gasteiger partial charge in [0.15, 0.2) is 0 Å². The monoisotopic (exact) mass is 334 g/mol. The van der Waals surface area contributed by atoms with Gasteiger partial charge in [-0.1, -0.05) is 80.4 Å². The molecule has 0 bridgehead atoms. The van der Waals surface area contributed by atoms with Crippen molar-refractivity contribution in [3.63, 3.8) is 0 Å². The van der Waals surface area contributed by atoms with Crippen molar-refractivity contribution in [3.05, 3.63) is 71.8 Å². The number of hydrogen-bond donors (Lipinski definition) is 0. The van der Waals surface area contributed by atoms with E-state index in [1.165, 1.54) is 24.0 Å². The van der Waals surface area contributed by atoms with E-state index in [1.54, 1.807) is 0 Å². The molecule has 0 spiro atoms. The molecule has 2 nitrogen and oxygen atoms in total. The Kier molecular flexibility index (Phi) is 8.22. The summed E-state index contributed by atoms with van der Waals surface area (Å²) in [5.41, 5.74) is 2.68. The highest BCUT2D eigenvalue weighted by Gasteiger charge is 2.24. The molecule has 0 heterocycles. The van der Waals surface area contributed by atoms with Gasteiger partial charge in [-0.05, 0) is 30.9 Å².